The summed E-state index contributed by atoms with van der Waals surface area (Å²) in [5, 5.41) is 0. The number of hydrogen-bond acceptors (Lipinski definition) is 7. The maximum Gasteiger partial charge on any atom is 0.261 e. The lowest BCUT2D eigenvalue weighted by Crippen LogP contribution is -2.49. The minimum Gasteiger partial charge on any atom is -0.467 e. The van der Waals surface area contributed by atoms with Gasteiger partial charge >= 0.3 is 0 Å². The molecule has 0 unspecified atom stereocenters. The van der Waals surface area contributed by atoms with E-state index in [9.17, 15) is 22.8 Å². The van der Waals surface area contributed by atoms with E-state index >= 15 is 0 Å². The Balaban J connectivity index is 1.42. The highest BCUT2D eigenvalue weighted by molar-refractivity contribution is 7.90. The molecular weight excluding hydrogens is 422 g/mol. The fourth-order valence-corrected chi connectivity index (χ4v) is 4.37. The lowest BCUT2D eigenvalue weighted by Gasteiger charge is -2.34. The van der Waals surface area contributed by atoms with Crippen LogP contribution < -0.4 is 0 Å². The smallest absolute Gasteiger partial charge is 0.261 e. The van der Waals surface area contributed by atoms with Gasteiger partial charge < -0.3 is 9.32 Å². The second-order valence-electron chi connectivity index (χ2n) is 7.80. The molecule has 0 radical (unpaired) electrons. The van der Waals surface area contributed by atoms with E-state index < -0.39 is 21.7 Å². The molecule has 164 valence electrons. The molecule has 4 rings (SSSR count). The van der Waals surface area contributed by atoms with Crippen LogP contribution in [-0.2, 0) is 16.4 Å². The largest absolute Gasteiger partial charge is 0.467 e. The van der Waals surface area contributed by atoms with Crippen molar-refractivity contribution in [3.8, 4) is 0 Å². The van der Waals surface area contributed by atoms with Crippen molar-refractivity contribution in [1.29, 1.82) is 0 Å². The van der Waals surface area contributed by atoms with Crippen LogP contribution in [0.15, 0.2) is 41.0 Å². The highest BCUT2D eigenvalue weighted by Crippen LogP contribution is 2.26. The van der Waals surface area contributed by atoms with Crippen LogP contribution in [0.2, 0.25) is 0 Å². The standard InChI is InChI=1S/C21H23N3O6S/c1-31(28,29)12-10-22-6-8-23(9-7-22)19(25)15-4-5-17-18(13-15)21(27)24(20(17)26)14-16-3-2-11-30-16/h2-5,11,13H,6-10,12,14H2,1H3. The molecule has 0 atom stereocenters. The summed E-state index contributed by atoms with van der Waals surface area (Å²) >= 11 is 0. The lowest BCUT2D eigenvalue weighted by molar-refractivity contribution is 0.0629. The maximum absolute atomic E-state index is 12.9. The van der Waals surface area contributed by atoms with Crippen molar-refractivity contribution >= 4 is 27.6 Å². The van der Waals surface area contributed by atoms with Gasteiger partial charge in [0, 0.05) is 44.5 Å². The number of rotatable bonds is 6. The van der Waals surface area contributed by atoms with Crippen LogP contribution in [0, 0.1) is 0 Å². The van der Waals surface area contributed by atoms with Gasteiger partial charge in [-0.1, -0.05) is 0 Å². The molecule has 10 heteroatoms. The Kier molecular flexibility index (Phi) is 5.67. The van der Waals surface area contributed by atoms with Crippen molar-refractivity contribution < 1.29 is 27.2 Å². The first-order chi connectivity index (χ1) is 14.7. The molecule has 2 aliphatic heterocycles. The zero-order chi connectivity index (χ0) is 22.2. The number of furan rings is 1. The number of amides is 3. The van der Waals surface area contributed by atoms with Crippen LogP contribution in [-0.4, -0.2) is 85.6 Å². The molecular formula is C21H23N3O6S. The third-order valence-corrected chi connectivity index (χ3v) is 6.47. The summed E-state index contributed by atoms with van der Waals surface area (Å²) in [7, 11) is -3.02. The van der Waals surface area contributed by atoms with E-state index in [1.807, 2.05) is 4.90 Å². The first kappa shape index (κ1) is 21.3. The third-order valence-electron chi connectivity index (χ3n) is 5.55. The van der Waals surface area contributed by atoms with E-state index in [0.29, 0.717) is 44.0 Å². The summed E-state index contributed by atoms with van der Waals surface area (Å²) in [5.74, 6) is -0.475. The van der Waals surface area contributed by atoms with Gasteiger partial charge in [-0.15, -0.1) is 0 Å². The van der Waals surface area contributed by atoms with Gasteiger partial charge in [-0.25, -0.2) is 8.42 Å². The van der Waals surface area contributed by atoms with E-state index in [2.05, 4.69) is 0 Å². The molecule has 0 N–H and O–H groups in total. The van der Waals surface area contributed by atoms with Crippen LogP contribution in [0.5, 0.6) is 0 Å². The van der Waals surface area contributed by atoms with Gasteiger partial charge in [-0.2, -0.15) is 0 Å². The number of fused-ring (bicyclic) bond motifs is 1. The average molecular weight is 445 g/mol. The molecule has 2 aliphatic rings. The highest BCUT2D eigenvalue weighted by Gasteiger charge is 2.37. The Labute approximate surface area is 180 Å². The van der Waals surface area contributed by atoms with E-state index in [4.69, 9.17) is 4.42 Å². The molecule has 0 aliphatic carbocycles. The lowest BCUT2D eigenvalue weighted by atomic mass is 10.0. The molecule has 1 aromatic carbocycles. The Morgan fingerprint density at radius 3 is 2.39 bits per heavy atom. The van der Waals surface area contributed by atoms with Crippen LogP contribution in [0.3, 0.4) is 0 Å². The Hall–Kier alpha value is -2.98. The van der Waals surface area contributed by atoms with Gasteiger partial charge in [0.15, 0.2) is 0 Å². The van der Waals surface area contributed by atoms with E-state index in [0.717, 1.165) is 4.90 Å². The van der Waals surface area contributed by atoms with Crippen molar-refractivity contribution in [1.82, 2.24) is 14.7 Å². The van der Waals surface area contributed by atoms with E-state index in [-0.39, 0.29) is 29.3 Å². The highest BCUT2D eigenvalue weighted by atomic mass is 32.2. The monoisotopic (exact) mass is 445 g/mol. The summed E-state index contributed by atoms with van der Waals surface area (Å²) in [6, 6.07) is 7.95. The zero-order valence-electron chi connectivity index (χ0n) is 17.1. The Morgan fingerprint density at radius 1 is 1.03 bits per heavy atom. The summed E-state index contributed by atoms with van der Waals surface area (Å²) in [6.07, 6.45) is 2.69. The third kappa shape index (κ3) is 4.54. The predicted octanol–water partition coefficient (Wildman–Crippen LogP) is 0.878. The normalized spacial score (nSPS) is 17.3. The van der Waals surface area contributed by atoms with Crippen molar-refractivity contribution in [2.45, 2.75) is 6.54 Å². The first-order valence-electron chi connectivity index (χ1n) is 9.95. The number of imide groups is 1. The summed E-state index contributed by atoms with van der Waals surface area (Å²) in [5.41, 5.74) is 0.845. The number of hydrogen-bond donors (Lipinski definition) is 0. The van der Waals surface area contributed by atoms with Crippen LogP contribution in [0.4, 0.5) is 0 Å². The minimum absolute atomic E-state index is 0.0397. The second-order valence-corrected chi connectivity index (χ2v) is 10.1. The Morgan fingerprint density at radius 2 is 1.74 bits per heavy atom. The summed E-state index contributed by atoms with van der Waals surface area (Å²) < 4.78 is 27.9. The van der Waals surface area contributed by atoms with Crippen LogP contribution in [0.25, 0.3) is 0 Å². The van der Waals surface area contributed by atoms with Gasteiger partial charge in [-0.3, -0.25) is 24.2 Å². The van der Waals surface area contributed by atoms with Crippen molar-refractivity contribution in [2.24, 2.45) is 0 Å². The molecule has 2 aromatic rings. The van der Waals surface area contributed by atoms with Crippen LogP contribution >= 0.6 is 0 Å². The number of carbonyl (C=O) groups excluding carboxylic acids is 3. The minimum atomic E-state index is -3.02. The number of carbonyl (C=O) groups is 3. The molecule has 0 spiro atoms. The Bertz CT molecular complexity index is 1120. The van der Waals surface area contributed by atoms with Crippen molar-refractivity contribution in [2.75, 3.05) is 44.7 Å². The van der Waals surface area contributed by atoms with Gasteiger partial charge in [0.2, 0.25) is 0 Å². The van der Waals surface area contributed by atoms with Crippen molar-refractivity contribution in [3.05, 3.63) is 59.0 Å². The molecule has 3 amide bonds. The quantitative estimate of drug-likeness (QED) is 0.607. The number of benzene rings is 1. The number of nitrogens with zero attached hydrogens (tertiary/aromatic N) is 3. The van der Waals surface area contributed by atoms with Gasteiger partial charge in [0.25, 0.3) is 17.7 Å². The second kappa shape index (κ2) is 8.27. The molecule has 0 bridgehead atoms. The molecule has 1 fully saturated rings. The summed E-state index contributed by atoms with van der Waals surface area (Å²) in [4.78, 5) is 43.1. The number of sulfone groups is 1. The fraction of sp³-hybridized carbons (Fsp3) is 0.381. The van der Waals surface area contributed by atoms with E-state index in [1.165, 1.54) is 24.7 Å². The fourth-order valence-electron chi connectivity index (χ4n) is 3.78. The van der Waals surface area contributed by atoms with Gasteiger partial charge in [-0.05, 0) is 30.3 Å². The topological polar surface area (TPSA) is 108 Å². The van der Waals surface area contributed by atoms with E-state index in [1.54, 1.807) is 23.1 Å². The maximum atomic E-state index is 12.9. The average Bonchev–Trinajstić information content (AvgIpc) is 3.34. The van der Waals surface area contributed by atoms with Gasteiger partial charge in [0.1, 0.15) is 15.6 Å². The van der Waals surface area contributed by atoms with Crippen LogP contribution in [0.1, 0.15) is 36.8 Å². The molecule has 3 heterocycles. The molecule has 1 saturated heterocycles. The first-order valence-corrected chi connectivity index (χ1v) is 12.0. The predicted molar refractivity (Wildman–Crippen MR) is 111 cm³/mol. The SMILES string of the molecule is CS(=O)(=O)CCN1CCN(C(=O)c2ccc3c(c2)C(=O)N(Cc2ccco2)C3=O)CC1. The molecule has 1 aromatic heterocycles. The molecule has 9 nitrogen and oxygen atoms in total. The van der Waals surface area contributed by atoms with Gasteiger partial charge in [0.05, 0.1) is 29.7 Å². The van der Waals surface area contributed by atoms with Crippen molar-refractivity contribution in [3.63, 3.8) is 0 Å². The zero-order valence-corrected chi connectivity index (χ0v) is 17.9. The number of piperazine rings is 1. The molecule has 31 heavy (non-hydrogen) atoms. The molecule has 0 saturated carbocycles. The summed E-state index contributed by atoms with van der Waals surface area (Å²) in [6.45, 7) is 2.59.